The summed E-state index contributed by atoms with van der Waals surface area (Å²) >= 11 is 0. The van der Waals surface area contributed by atoms with Gasteiger partial charge >= 0.3 is 11.9 Å². The van der Waals surface area contributed by atoms with Gasteiger partial charge in [-0.3, -0.25) is 9.59 Å². The standard InChI is InChI=1S/C14H28O2.C13H26O2/c1-2-3-4-5-6-7-8-9-10-11-12-13-14(15)16;1-2-3-4-5-6-7-8-9-10-11-12-13(14)15/h2-13H2,1H3,(H,15,16);2-12H2,1H3,(H,14,15). The first kappa shape index (κ1) is 32.1. The molecule has 0 bridgehead atoms. The molecular formula is C27H54O4. The first-order valence-corrected chi connectivity index (χ1v) is 13.5. The molecule has 0 saturated carbocycles. The molecular weight excluding hydrogens is 388 g/mol. The molecule has 4 nitrogen and oxygen atoms in total. The molecule has 31 heavy (non-hydrogen) atoms. The summed E-state index contributed by atoms with van der Waals surface area (Å²) in [7, 11) is 0. The second-order valence-electron chi connectivity index (χ2n) is 9.00. The predicted octanol–water partition coefficient (Wildman–Crippen LogP) is 9.15. The molecule has 4 heteroatoms. The summed E-state index contributed by atoms with van der Waals surface area (Å²) in [6.07, 6.45) is 27.3. The highest BCUT2D eigenvalue weighted by molar-refractivity contribution is 5.66. The van der Waals surface area contributed by atoms with Crippen molar-refractivity contribution in [1.29, 1.82) is 0 Å². The van der Waals surface area contributed by atoms with Crippen LogP contribution in [0.4, 0.5) is 0 Å². The Bertz CT molecular complexity index is 368. The molecule has 0 rings (SSSR count). The van der Waals surface area contributed by atoms with E-state index >= 15 is 0 Å². The third-order valence-electron chi connectivity index (χ3n) is 5.74. The van der Waals surface area contributed by atoms with E-state index in [0.29, 0.717) is 12.8 Å². The predicted molar refractivity (Wildman–Crippen MR) is 133 cm³/mol. The van der Waals surface area contributed by atoms with Gasteiger partial charge in [0.2, 0.25) is 0 Å². The first-order chi connectivity index (χ1) is 15.0. The Kier molecular flexibility index (Phi) is 30.0. The highest BCUT2D eigenvalue weighted by atomic mass is 16.4. The van der Waals surface area contributed by atoms with Crippen molar-refractivity contribution in [2.45, 2.75) is 162 Å². The number of carboxylic acids is 2. The molecule has 0 atom stereocenters. The van der Waals surface area contributed by atoms with Gasteiger partial charge in [-0.1, -0.05) is 136 Å². The summed E-state index contributed by atoms with van der Waals surface area (Å²) in [5.74, 6) is -1.31. The third kappa shape index (κ3) is 36.6. The summed E-state index contributed by atoms with van der Waals surface area (Å²) in [6, 6.07) is 0. The first-order valence-electron chi connectivity index (χ1n) is 13.5. The van der Waals surface area contributed by atoms with Crippen molar-refractivity contribution in [3.8, 4) is 0 Å². The molecule has 0 aliphatic rings. The van der Waals surface area contributed by atoms with E-state index in [9.17, 15) is 9.59 Å². The van der Waals surface area contributed by atoms with Crippen molar-refractivity contribution < 1.29 is 19.8 Å². The maximum atomic E-state index is 10.3. The van der Waals surface area contributed by atoms with Gasteiger partial charge in [-0.25, -0.2) is 0 Å². The Labute approximate surface area is 193 Å². The molecule has 0 aliphatic carbocycles. The minimum absolute atomic E-state index is 0.344. The van der Waals surface area contributed by atoms with E-state index in [4.69, 9.17) is 10.2 Å². The maximum Gasteiger partial charge on any atom is 0.303 e. The van der Waals surface area contributed by atoms with E-state index in [1.54, 1.807) is 0 Å². The lowest BCUT2D eigenvalue weighted by Gasteiger charge is -2.01. The molecule has 0 amide bonds. The van der Waals surface area contributed by atoms with Crippen LogP contribution < -0.4 is 0 Å². The Morgan fingerprint density at radius 1 is 0.387 bits per heavy atom. The normalized spacial score (nSPS) is 10.5. The Balaban J connectivity index is 0. The highest BCUT2D eigenvalue weighted by Crippen LogP contribution is 2.12. The molecule has 0 saturated heterocycles. The number of unbranched alkanes of at least 4 members (excludes halogenated alkanes) is 19. The summed E-state index contributed by atoms with van der Waals surface area (Å²) in [5.41, 5.74) is 0. The van der Waals surface area contributed by atoms with Crippen molar-refractivity contribution in [3.05, 3.63) is 0 Å². The second-order valence-corrected chi connectivity index (χ2v) is 9.00. The topological polar surface area (TPSA) is 74.6 Å². The average molecular weight is 443 g/mol. The Hall–Kier alpha value is -1.06. The molecule has 0 aromatic carbocycles. The zero-order chi connectivity index (χ0) is 23.4. The monoisotopic (exact) mass is 442 g/mol. The summed E-state index contributed by atoms with van der Waals surface area (Å²) in [4.78, 5) is 20.5. The molecule has 0 radical (unpaired) electrons. The van der Waals surface area contributed by atoms with Crippen molar-refractivity contribution in [2.24, 2.45) is 0 Å². The summed E-state index contributed by atoms with van der Waals surface area (Å²) in [6.45, 7) is 4.49. The fourth-order valence-corrected chi connectivity index (χ4v) is 3.70. The van der Waals surface area contributed by atoms with Gasteiger partial charge in [0.1, 0.15) is 0 Å². The SMILES string of the molecule is CCCCCCCCCCCCC(=O)O.CCCCCCCCCCCCCC(=O)O. The van der Waals surface area contributed by atoms with Gasteiger partial charge in [0.05, 0.1) is 0 Å². The van der Waals surface area contributed by atoms with Crippen LogP contribution in [0.3, 0.4) is 0 Å². The van der Waals surface area contributed by atoms with Crippen molar-refractivity contribution in [2.75, 3.05) is 0 Å². The van der Waals surface area contributed by atoms with Crippen molar-refractivity contribution >= 4 is 11.9 Å². The van der Waals surface area contributed by atoms with Gasteiger partial charge in [-0.15, -0.1) is 0 Å². The van der Waals surface area contributed by atoms with E-state index in [1.807, 2.05) is 0 Å². The summed E-state index contributed by atoms with van der Waals surface area (Å²) in [5, 5.41) is 16.9. The van der Waals surface area contributed by atoms with Gasteiger partial charge in [0.15, 0.2) is 0 Å². The van der Waals surface area contributed by atoms with E-state index in [-0.39, 0.29) is 0 Å². The van der Waals surface area contributed by atoms with Gasteiger partial charge in [-0.05, 0) is 12.8 Å². The molecule has 0 heterocycles. The number of aliphatic carboxylic acids is 2. The van der Waals surface area contributed by atoms with E-state index < -0.39 is 11.9 Å². The maximum absolute atomic E-state index is 10.3. The molecule has 186 valence electrons. The molecule has 0 unspecified atom stereocenters. The van der Waals surface area contributed by atoms with Crippen LogP contribution in [0.5, 0.6) is 0 Å². The highest BCUT2D eigenvalue weighted by Gasteiger charge is 1.97. The zero-order valence-electron chi connectivity index (χ0n) is 21.0. The average Bonchev–Trinajstić information content (AvgIpc) is 2.73. The third-order valence-corrected chi connectivity index (χ3v) is 5.74. The molecule has 2 N–H and O–H groups in total. The quantitative estimate of drug-likeness (QED) is 0.155. The van der Waals surface area contributed by atoms with Crippen LogP contribution in [0.15, 0.2) is 0 Å². The van der Waals surface area contributed by atoms with Crippen molar-refractivity contribution in [1.82, 2.24) is 0 Å². The number of rotatable bonds is 23. The zero-order valence-corrected chi connectivity index (χ0v) is 21.0. The number of carbonyl (C=O) groups is 2. The van der Waals surface area contributed by atoms with E-state index in [2.05, 4.69) is 13.8 Å². The number of carboxylic acid groups (broad SMARTS) is 2. The van der Waals surface area contributed by atoms with E-state index in [1.165, 1.54) is 109 Å². The largest absolute Gasteiger partial charge is 0.481 e. The Morgan fingerprint density at radius 2 is 0.581 bits per heavy atom. The lowest BCUT2D eigenvalue weighted by Crippen LogP contribution is -1.93. The lowest BCUT2D eigenvalue weighted by molar-refractivity contribution is -0.138. The van der Waals surface area contributed by atoms with Gasteiger partial charge < -0.3 is 10.2 Å². The lowest BCUT2D eigenvalue weighted by atomic mass is 10.1. The van der Waals surface area contributed by atoms with Crippen LogP contribution >= 0.6 is 0 Å². The van der Waals surface area contributed by atoms with Crippen LogP contribution in [0.25, 0.3) is 0 Å². The van der Waals surface area contributed by atoms with Crippen LogP contribution in [-0.2, 0) is 9.59 Å². The fourth-order valence-electron chi connectivity index (χ4n) is 3.70. The van der Waals surface area contributed by atoms with Crippen LogP contribution in [0.2, 0.25) is 0 Å². The van der Waals surface area contributed by atoms with Gasteiger partial charge in [0, 0.05) is 12.8 Å². The minimum atomic E-state index is -0.658. The molecule has 0 aromatic heterocycles. The second kappa shape index (κ2) is 28.9. The number of hydrogen-bond acceptors (Lipinski definition) is 2. The van der Waals surface area contributed by atoms with Crippen LogP contribution in [0, 0.1) is 0 Å². The number of hydrogen-bond donors (Lipinski definition) is 2. The summed E-state index contributed by atoms with van der Waals surface area (Å²) < 4.78 is 0. The smallest absolute Gasteiger partial charge is 0.303 e. The molecule has 0 spiro atoms. The minimum Gasteiger partial charge on any atom is -0.481 e. The van der Waals surface area contributed by atoms with Crippen LogP contribution in [-0.4, -0.2) is 22.2 Å². The van der Waals surface area contributed by atoms with Gasteiger partial charge in [-0.2, -0.15) is 0 Å². The van der Waals surface area contributed by atoms with Gasteiger partial charge in [0.25, 0.3) is 0 Å². The van der Waals surface area contributed by atoms with Crippen LogP contribution in [0.1, 0.15) is 162 Å². The molecule has 0 aliphatic heterocycles. The Morgan fingerprint density at radius 3 is 0.774 bits per heavy atom. The molecule has 0 aromatic rings. The van der Waals surface area contributed by atoms with Crippen molar-refractivity contribution in [3.63, 3.8) is 0 Å². The fraction of sp³-hybridized carbons (Fsp3) is 0.926. The van der Waals surface area contributed by atoms with E-state index in [0.717, 1.165) is 25.7 Å². The molecule has 0 fully saturated rings.